The molecule has 0 saturated heterocycles. The van der Waals surface area contributed by atoms with E-state index in [0.717, 1.165) is 7.11 Å². The zero-order valence-corrected chi connectivity index (χ0v) is 12.6. The molecule has 0 saturated carbocycles. The second kappa shape index (κ2) is 6.54. The minimum absolute atomic E-state index is 0.0800. The summed E-state index contributed by atoms with van der Waals surface area (Å²) < 4.78 is 94.3. The first-order chi connectivity index (χ1) is 10.3. The van der Waals surface area contributed by atoms with Gasteiger partial charge in [0.2, 0.25) is 0 Å². The molecule has 0 N–H and O–H groups in total. The van der Waals surface area contributed by atoms with Crippen LogP contribution in [0.3, 0.4) is 0 Å². The van der Waals surface area contributed by atoms with E-state index in [1.165, 1.54) is 18.2 Å². The molecule has 1 unspecified atom stereocenters. The van der Waals surface area contributed by atoms with Crippen LogP contribution in [-0.4, -0.2) is 39.2 Å². The summed E-state index contributed by atoms with van der Waals surface area (Å²) in [7, 11) is 4.29. The van der Waals surface area contributed by atoms with Crippen LogP contribution in [0.15, 0.2) is 24.3 Å². The van der Waals surface area contributed by atoms with Crippen LogP contribution in [0.5, 0.6) is 0 Å². The predicted octanol–water partition coefficient (Wildman–Crippen LogP) is 4.66. The van der Waals surface area contributed by atoms with Crippen LogP contribution in [0.4, 0.5) is 36.4 Å². The molecule has 1 aromatic carbocycles. The van der Waals surface area contributed by atoms with E-state index in [9.17, 15) is 30.7 Å². The van der Waals surface area contributed by atoms with Gasteiger partial charge in [0.25, 0.3) is 0 Å². The molecule has 0 radical (unpaired) electrons. The molecule has 0 aliphatic carbocycles. The smallest absolute Gasteiger partial charge is 0.378 e. The van der Waals surface area contributed by atoms with Gasteiger partial charge in [0.1, 0.15) is 0 Å². The molecule has 1 rings (SSSR count). The van der Waals surface area contributed by atoms with Gasteiger partial charge in [0.05, 0.1) is 6.10 Å². The fraction of sp³-hybridized carbons (Fsp3) is 0.571. The Hall–Kier alpha value is -1.51. The van der Waals surface area contributed by atoms with Crippen molar-refractivity contribution in [2.45, 2.75) is 30.5 Å². The third kappa shape index (κ3) is 4.07. The summed E-state index contributed by atoms with van der Waals surface area (Å²) in [5, 5.41) is 0. The molecule has 2 nitrogen and oxygen atoms in total. The summed E-state index contributed by atoms with van der Waals surface area (Å²) in [6.45, 7) is 0. The molecule has 0 fully saturated rings. The molecule has 132 valence electrons. The third-order valence-corrected chi connectivity index (χ3v) is 3.30. The molecule has 23 heavy (non-hydrogen) atoms. The van der Waals surface area contributed by atoms with Crippen LogP contribution in [-0.2, 0) is 4.74 Å². The molecule has 0 bridgehead atoms. The number of anilines is 1. The molecule has 0 aliphatic rings. The SMILES string of the molecule is COC(CC(F)(F)C(F)(F)C(F)(F)F)c1cccc(N(C)C)c1. The van der Waals surface area contributed by atoms with Crippen LogP contribution in [0.2, 0.25) is 0 Å². The Morgan fingerprint density at radius 3 is 2.04 bits per heavy atom. The second-order valence-corrected chi connectivity index (χ2v) is 5.19. The van der Waals surface area contributed by atoms with Gasteiger partial charge in [-0.1, -0.05) is 12.1 Å². The average Bonchev–Trinajstić information content (AvgIpc) is 2.43. The molecule has 9 heteroatoms. The summed E-state index contributed by atoms with van der Waals surface area (Å²) in [6, 6.07) is 5.80. The van der Waals surface area contributed by atoms with Crippen molar-refractivity contribution in [2.75, 3.05) is 26.1 Å². The monoisotopic (exact) mass is 347 g/mol. The van der Waals surface area contributed by atoms with E-state index in [1.807, 2.05) is 0 Å². The Balaban J connectivity index is 3.11. The van der Waals surface area contributed by atoms with Gasteiger partial charge in [0.15, 0.2) is 0 Å². The number of alkyl halides is 7. The molecule has 1 aromatic rings. The van der Waals surface area contributed by atoms with Gasteiger partial charge < -0.3 is 9.64 Å². The number of hydrogen-bond donors (Lipinski definition) is 0. The maximum absolute atomic E-state index is 13.5. The molecule has 0 aromatic heterocycles. The zero-order valence-electron chi connectivity index (χ0n) is 12.6. The number of rotatable bonds is 6. The first kappa shape index (κ1) is 19.5. The molecular formula is C14H16F7NO. The van der Waals surface area contributed by atoms with E-state index >= 15 is 0 Å². The number of halogens is 7. The Morgan fingerprint density at radius 1 is 1.04 bits per heavy atom. The molecular weight excluding hydrogens is 331 g/mol. The molecule has 1 atom stereocenters. The van der Waals surface area contributed by atoms with Gasteiger partial charge in [-0.05, 0) is 17.7 Å². The summed E-state index contributed by atoms with van der Waals surface area (Å²) in [4.78, 5) is 1.62. The van der Waals surface area contributed by atoms with Crippen molar-refractivity contribution in [2.24, 2.45) is 0 Å². The van der Waals surface area contributed by atoms with E-state index in [-0.39, 0.29) is 5.56 Å². The Labute approximate surface area is 128 Å². The largest absolute Gasteiger partial charge is 0.459 e. The number of nitrogens with zero attached hydrogens (tertiary/aromatic N) is 1. The summed E-state index contributed by atoms with van der Waals surface area (Å²) in [5.74, 6) is -11.4. The Bertz CT molecular complexity index is 528. The molecule has 0 amide bonds. The summed E-state index contributed by atoms with van der Waals surface area (Å²) in [6.07, 6.45) is -9.76. The van der Waals surface area contributed by atoms with Crippen molar-refractivity contribution in [3.8, 4) is 0 Å². The second-order valence-electron chi connectivity index (χ2n) is 5.19. The quantitative estimate of drug-likeness (QED) is 0.694. The van der Waals surface area contributed by atoms with E-state index in [0.29, 0.717) is 5.69 Å². The van der Waals surface area contributed by atoms with Crippen LogP contribution >= 0.6 is 0 Å². The lowest BCUT2D eigenvalue weighted by Gasteiger charge is -2.30. The minimum atomic E-state index is -6.35. The van der Waals surface area contributed by atoms with E-state index in [4.69, 9.17) is 4.74 Å². The molecule has 0 heterocycles. The topological polar surface area (TPSA) is 12.5 Å². The number of hydrogen-bond acceptors (Lipinski definition) is 2. The maximum Gasteiger partial charge on any atom is 0.459 e. The first-order valence-electron chi connectivity index (χ1n) is 6.46. The fourth-order valence-electron chi connectivity index (χ4n) is 1.91. The summed E-state index contributed by atoms with van der Waals surface area (Å²) in [5.41, 5.74) is 0.645. The van der Waals surface area contributed by atoms with Crippen LogP contribution < -0.4 is 4.90 Å². The normalized spacial score (nSPS) is 14.7. The number of benzene rings is 1. The van der Waals surface area contributed by atoms with Crippen molar-refractivity contribution in [1.29, 1.82) is 0 Å². The zero-order chi connectivity index (χ0) is 18.1. The molecule has 0 spiro atoms. The Kier molecular flexibility index (Phi) is 5.56. The van der Waals surface area contributed by atoms with Crippen molar-refractivity contribution in [3.05, 3.63) is 29.8 Å². The van der Waals surface area contributed by atoms with Gasteiger partial charge in [-0.2, -0.15) is 30.7 Å². The highest BCUT2D eigenvalue weighted by molar-refractivity contribution is 5.47. The number of methoxy groups -OCH3 is 1. The van der Waals surface area contributed by atoms with Crippen LogP contribution in [0.25, 0.3) is 0 Å². The standard InChI is InChI=1S/C14H16F7NO/c1-22(2)10-6-4-5-9(7-10)11(23-3)8-12(15,16)13(17,18)14(19,20)21/h4-7,11H,8H2,1-3H3. The molecule has 0 aliphatic heterocycles. The van der Waals surface area contributed by atoms with Crippen molar-refractivity contribution in [1.82, 2.24) is 0 Å². The highest BCUT2D eigenvalue weighted by Crippen LogP contribution is 2.50. The minimum Gasteiger partial charge on any atom is -0.378 e. The van der Waals surface area contributed by atoms with E-state index in [1.54, 1.807) is 25.1 Å². The van der Waals surface area contributed by atoms with Crippen LogP contribution in [0.1, 0.15) is 18.1 Å². The van der Waals surface area contributed by atoms with E-state index < -0.39 is 30.5 Å². The Morgan fingerprint density at radius 2 is 1.61 bits per heavy atom. The van der Waals surface area contributed by atoms with Crippen molar-refractivity contribution >= 4 is 5.69 Å². The summed E-state index contributed by atoms with van der Waals surface area (Å²) >= 11 is 0. The van der Waals surface area contributed by atoms with Crippen molar-refractivity contribution in [3.63, 3.8) is 0 Å². The van der Waals surface area contributed by atoms with Crippen molar-refractivity contribution < 1.29 is 35.5 Å². The lowest BCUT2D eigenvalue weighted by atomic mass is 9.98. The average molecular weight is 347 g/mol. The van der Waals surface area contributed by atoms with Gasteiger partial charge >= 0.3 is 18.0 Å². The van der Waals surface area contributed by atoms with Gasteiger partial charge in [-0.15, -0.1) is 0 Å². The highest BCUT2D eigenvalue weighted by atomic mass is 19.4. The van der Waals surface area contributed by atoms with Gasteiger partial charge in [0, 0.05) is 33.3 Å². The third-order valence-electron chi connectivity index (χ3n) is 3.30. The highest BCUT2D eigenvalue weighted by Gasteiger charge is 2.73. The predicted molar refractivity (Wildman–Crippen MR) is 71.1 cm³/mol. The van der Waals surface area contributed by atoms with Gasteiger partial charge in [-0.25, -0.2) is 0 Å². The first-order valence-corrected chi connectivity index (χ1v) is 6.46. The lowest BCUT2D eigenvalue weighted by molar-refractivity contribution is -0.358. The lowest BCUT2D eigenvalue weighted by Crippen LogP contribution is -2.52. The van der Waals surface area contributed by atoms with E-state index in [2.05, 4.69) is 0 Å². The van der Waals surface area contributed by atoms with Crippen LogP contribution in [0, 0.1) is 0 Å². The number of ether oxygens (including phenoxy) is 1. The maximum atomic E-state index is 13.5. The van der Waals surface area contributed by atoms with Gasteiger partial charge in [-0.3, -0.25) is 0 Å². The fourth-order valence-corrected chi connectivity index (χ4v) is 1.91.